The van der Waals surface area contributed by atoms with E-state index in [1.165, 1.54) is 18.3 Å². The number of methoxy groups -OCH3 is 1. The van der Waals surface area contributed by atoms with Crippen LogP contribution in [0.2, 0.25) is 0 Å². The molecule has 0 aliphatic rings. The molecule has 0 radical (unpaired) electrons. The number of carbonyl (C=O) groups excluding carboxylic acids is 2. The number of ether oxygens (including phenoxy) is 2. The summed E-state index contributed by atoms with van der Waals surface area (Å²) in [5, 5.41) is 4.52. The van der Waals surface area contributed by atoms with Crippen LogP contribution in [0.4, 0.5) is 5.69 Å². The van der Waals surface area contributed by atoms with Crippen LogP contribution in [0.5, 0.6) is 5.75 Å². The number of nitrogens with zero attached hydrogens (tertiary/aromatic N) is 1. The van der Waals surface area contributed by atoms with E-state index in [0.29, 0.717) is 16.3 Å². The van der Waals surface area contributed by atoms with Crippen molar-refractivity contribution in [1.82, 2.24) is 4.57 Å². The summed E-state index contributed by atoms with van der Waals surface area (Å²) >= 11 is 1.27. The van der Waals surface area contributed by atoms with Crippen molar-refractivity contribution in [2.24, 2.45) is 0 Å². The Morgan fingerprint density at radius 1 is 1.15 bits per heavy atom. The fraction of sp³-hybridized carbons (Fsp3) is 0.158. The number of hydrogen-bond acceptors (Lipinski definition) is 5. The number of carbonyl (C=O) groups is 2. The normalized spacial score (nSPS) is 11.6. The van der Waals surface area contributed by atoms with Gasteiger partial charge in [0.2, 0.25) is 0 Å². The summed E-state index contributed by atoms with van der Waals surface area (Å²) in [6.07, 6.45) is 2.75. The van der Waals surface area contributed by atoms with Crippen molar-refractivity contribution in [2.45, 2.75) is 13.0 Å². The summed E-state index contributed by atoms with van der Waals surface area (Å²) in [5.74, 6) is -0.315. The van der Waals surface area contributed by atoms with Crippen molar-refractivity contribution in [3.05, 3.63) is 65.1 Å². The second-order valence-electron chi connectivity index (χ2n) is 5.49. The zero-order valence-corrected chi connectivity index (χ0v) is 15.2. The first-order valence-corrected chi connectivity index (χ1v) is 8.83. The number of rotatable bonds is 6. The predicted octanol–water partition coefficient (Wildman–Crippen LogP) is 3.73. The van der Waals surface area contributed by atoms with Crippen LogP contribution >= 0.6 is 11.3 Å². The Labute approximate surface area is 155 Å². The van der Waals surface area contributed by atoms with Gasteiger partial charge in [0.05, 0.1) is 12.8 Å². The highest BCUT2D eigenvalue weighted by Crippen LogP contribution is 2.23. The molecule has 1 N–H and O–H groups in total. The Balaban J connectivity index is 1.66. The molecule has 3 rings (SSSR count). The maximum absolute atomic E-state index is 12.5. The molecule has 0 fully saturated rings. The number of aromatic nitrogens is 1. The van der Waals surface area contributed by atoms with Crippen molar-refractivity contribution < 1.29 is 19.1 Å². The van der Waals surface area contributed by atoms with Gasteiger partial charge in [-0.05, 0) is 42.6 Å². The first-order chi connectivity index (χ1) is 12.6. The number of esters is 1. The average Bonchev–Trinajstić information content (AvgIpc) is 3.32. The van der Waals surface area contributed by atoms with E-state index in [1.54, 1.807) is 31.4 Å². The zero-order chi connectivity index (χ0) is 18.5. The van der Waals surface area contributed by atoms with Crippen LogP contribution in [-0.2, 0) is 9.53 Å². The molecule has 0 spiro atoms. The number of nitrogens with one attached hydrogen (secondary N) is 1. The molecule has 0 aliphatic heterocycles. The first kappa shape index (κ1) is 17.8. The highest BCUT2D eigenvalue weighted by Gasteiger charge is 2.22. The standard InChI is InChI=1S/C19H18N2O4S/c1-13(18(22)20-14-6-5-7-15(12-14)24-2)25-19(23)17-16(8-11-26-17)21-9-3-4-10-21/h3-13H,1-2H3,(H,20,22)/t13-/m0/s1. The lowest BCUT2D eigenvalue weighted by Gasteiger charge is -2.14. The van der Waals surface area contributed by atoms with Gasteiger partial charge in [-0.3, -0.25) is 4.79 Å². The van der Waals surface area contributed by atoms with Gasteiger partial charge in [0.25, 0.3) is 5.91 Å². The zero-order valence-electron chi connectivity index (χ0n) is 14.3. The van der Waals surface area contributed by atoms with E-state index in [-0.39, 0.29) is 0 Å². The third kappa shape index (κ3) is 3.94. The Morgan fingerprint density at radius 3 is 2.65 bits per heavy atom. The van der Waals surface area contributed by atoms with Gasteiger partial charge >= 0.3 is 5.97 Å². The van der Waals surface area contributed by atoms with E-state index >= 15 is 0 Å². The van der Waals surface area contributed by atoms with Gasteiger partial charge in [-0.2, -0.15) is 0 Å². The molecular formula is C19H18N2O4S. The number of amides is 1. The maximum Gasteiger partial charge on any atom is 0.351 e. The van der Waals surface area contributed by atoms with Gasteiger partial charge in [0, 0.05) is 24.1 Å². The van der Waals surface area contributed by atoms with E-state index in [0.717, 1.165) is 5.69 Å². The summed E-state index contributed by atoms with van der Waals surface area (Å²) in [4.78, 5) is 25.2. The van der Waals surface area contributed by atoms with Gasteiger partial charge in [0.15, 0.2) is 6.10 Å². The Hall–Kier alpha value is -3.06. The van der Waals surface area contributed by atoms with Crippen LogP contribution in [0, 0.1) is 0 Å². The minimum absolute atomic E-state index is 0.411. The van der Waals surface area contributed by atoms with E-state index in [1.807, 2.05) is 40.5 Å². The molecule has 3 aromatic rings. The molecule has 26 heavy (non-hydrogen) atoms. The molecule has 0 saturated carbocycles. The monoisotopic (exact) mass is 370 g/mol. The topological polar surface area (TPSA) is 69.6 Å². The summed E-state index contributed by atoms with van der Waals surface area (Å²) in [5.41, 5.74) is 1.30. The summed E-state index contributed by atoms with van der Waals surface area (Å²) in [6, 6.07) is 12.5. The fourth-order valence-corrected chi connectivity index (χ4v) is 3.14. The van der Waals surface area contributed by atoms with Crippen molar-refractivity contribution in [3.8, 4) is 11.4 Å². The lowest BCUT2D eigenvalue weighted by atomic mass is 10.3. The van der Waals surface area contributed by atoms with Crippen molar-refractivity contribution in [2.75, 3.05) is 12.4 Å². The summed E-state index contributed by atoms with van der Waals surface area (Å²) < 4.78 is 12.3. The van der Waals surface area contributed by atoms with Crippen LogP contribution < -0.4 is 10.1 Å². The van der Waals surface area contributed by atoms with Crippen LogP contribution in [0.1, 0.15) is 16.6 Å². The van der Waals surface area contributed by atoms with Crippen LogP contribution in [0.25, 0.3) is 5.69 Å². The molecule has 0 aliphatic carbocycles. The molecule has 134 valence electrons. The Bertz CT molecular complexity index is 902. The Kier molecular flexibility index (Phi) is 5.38. The molecule has 7 heteroatoms. The second kappa shape index (κ2) is 7.88. The van der Waals surface area contributed by atoms with Gasteiger partial charge in [0.1, 0.15) is 10.6 Å². The maximum atomic E-state index is 12.5. The SMILES string of the molecule is COc1cccc(NC(=O)[C@H](C)OC(=O)c2sccc2-n2cccc2)c1. The third-order valence-corrected chi connectivity index (χ3v) is 4.59. The number of hydrogen-bond donors (Lipinski definition) is 1. The van der Waals surface area contributed by atoms with Crippen molar-refractivity contribution in [1.29, 1.82) is 0 Å². The second-order valence-corrected chi connectivity index (χ2v) is 6.41. The van der Waals surface area contributed by atoms with E-state index in [9.17, 15) is 9.59 Å². The molecule has 6 nitrogen and oxygen atoms in total. The molecule has 1 aromatic carbocycles. The molecule has 0 bridgehead atoms. The van der Waals surface area contributed by atoms with Gasteiger partial charge < -0.3 is 19.4 Å². The number of benzene rings is 1. The molecular weight excluding hydrogens is 352 g/mol. The highest BCUT2D eigenvalue weighted by atomic mass is 32.1. The lowest BCUT2D eigenvalue weighted by molar-refractivity contribution is -0.123. The molecule has 0 saturated heterocycles. The minimum Gasteiger partial charge on any atom is -0.497 e. The van der Waals surface area contributed by atoms with Gasteiger partial charge in [-0.1, -0.05) is 6.07 Å². The van der Waals surface area contributed by atoms with Crippen LogP contribution in [0.3, 0.4) is 0 Å². The van der Waals surface area contributed by atoms with Crippen molar-refractivity contribution in [3.63, 3.8) is 0 Å². The van der Waals surface area contributed by atoms with Gasteiger partial charge in [-0.25, -0.2) is 4.79 Å². The number of anilines is 1. The predicted molar refractivity (Wildman–Crippen MR) is 100 cm³/mol. The molecule has 2 aromatic heterocycles. The van der Waals surface area contributed by atoms with E-state index in [4.69, 9.17) is 9.47 Å². The highest BCUT2D eigenvalue weighted by molar-refractivity contribution is 7.12. The van der Waals surface area contributed by atoms with Gasteiger partial charge in [-0.15, -0.1) is 11.3 Å². The molecule has 1 atom stereocenters. The lowest BCUT2D eigenvalue weighted by Crippen LogP contribution is -2.30. The van der Waals surface area contributed by atoms with E-state index in [2.05, 4.69) is 5.32 Å². The van der Waals surface area contributed by atoms with E-state index < -0.39 is 18.0 Å². The first-order valence-electron chi connectivity index (χ1n) is 7.95. The van der Waals surface area contributed by atoms with Crippen LogP contribution in [0.15, 0.2) is 60.2 Å². The largest absolute Gasteiger partial charge is 0.497 e. The summed E-state index contributed by atoms with van der Waals surface area (Å²) in [7, 11) is 1.55. The molecule has 2 heterocycles. The third-order valence-electron chi connectivity index (χ3n) is 3.70. The minimum atomic E-state index is -0.937. The quantitative estimate of drug-likeness (QED) is 0.671. The molecule has 1 amide bonds. The summed E-state index contributed by atoms with van der Waals surface area (Å²) in [6.45, 7) is 1.54. The van der Waals surface area contributed by atoms with Crippen molar-refractivity contribution >= 4 is 28.9 Å². The van der Waals surface area contributed by atoms with Crippen LogP contribution in [-0.4, -0.2) is 29.7 Å². The Morgan fingerprint density at radius 2 is 1.92 bits per heavy atom. The smallest absolute Gasteiger partial charge is 0.351 e. The fourth-order valence-electron chi connectivity index (χ4n) is 2.37. The molecule has 0 unspecified atom stereocenters. The average molecular weight is 370 g/mol. The number of thiophene rings is 1.